The zero-order chi connectivity index (χ0) is 10.8. The van der Waals surface area contributed by atoms with Crippen molar-refractivity contribution in [1.29, 1.82) is 0 Å². The summed E-state index contributed by atoms with van der Waals surface area (Å²) in [6.07, 6.45) is 4.87. The van der Waals surface area contributed by atoms with Gasteiger partial charge in [-0.2, -0.15) is 0 Å². The SMILES string of the molecule is CCCN1C(=O)CCC2CC(=O)CCC21. The van der Waals surface area contributed by atoms with Gasteiger partial charge in [-0.25, -0.2) is 0 Å². The standard InChI is InChI=1S/C12H19NO2/c1-2-7-13-11-5-4-10(14)8-9(11)3-6-12(13)15/h9,11H,2-8H2,1H3. The lowest BCUT2D eigenvalue weighted by Gasteiger charge is -2.43. The summed E-state index contributed by atoms with van der Waals surface area (Å²) < 4.78 is 0. The van der Waals surface area contributed by atoms with E-state index in [4.69, 9.17) is 0 Å². The third-order valence-electron chi connectivity index (χ3n) is 3.67. The number of carbonyl (C=O) groups is 2. The third kappa shape index (κ3) is 2.06. The van der Waals surface area contributed by atoms with Crippen LogP contribution < -0.4 is 0 Å². The Hall–Kier alpha value is -0.860. The van der Waals surface area contributed by atoms with E-state index in [1.54, 1.807) is 0 Å². The molecule has 0 spiro atoms. The highest BCUT2D eigenvalue weighted by Crippen LogP contribution is 2.34. The zero-order valence-electron chi connectivity index (χ0n) is 9.37. The summed E-state index contributed by atoms with van der Waals surface area (Å²) in [5.74, 6) is 1.14. The molecular formula is C12H19NO2. The number of likely N-dealkylation sites (tertiary alicyclic amines) is 1. The smallest absolute Gasteiger partial charge is 0.222 e. The van der Waals surface area contributed by atoms with E-state index in [1.165, 1.54) is 0 Å². The van der Waals surface area contributed by atoms with Crippen LogP contribution in [0.5, 0.6) is 0 Å². The molecule has 3 heteroatoms. The van der Waals surface area contributed by atoms with E-state index in [-0.39, 0.29) is 0 Å². The van der Waals surface area contributed by atoms with Crippen LogP contribution in [-0.4, -0.2) is 29.2 Å². The van der Waals surface area contributed by atoms with Crippen LogP contribution in [0.2, 0.25) is 0 Å². The van der Waals surface area contributed by atoms with Gasteiger partial charge in [0.05, 0.1) is 0 Å². The first-order chi connectivity index (χ1) is 7.22. The molecule has 0 N–H and O–H groups in total. The zero-order valence-corrected chi connectivity index (χ0v) is 9.37. The highest BCUT2D eigenvalue weighted by atomic mass is 16.2. The first-order valence-corrected chi connectivity index (χ1v) is 6.03. The average Bonchev–Trinajstić information content (AvgIpc) is 2.22. The summed E-state index contributed by atoms with van der Waals surface area (Å²) in [5, 5.41) is 0. The fraction of sp³-hybridized carbons (Fsp3) is 0.833. The molecule has 0 aromatic heterocycles. The van der Waals surface area contributed by atoms with E-state index in [2.05, 4.69) is 6.92 Å². The van der Waals surface area contributed by atoms with Crippen molar-refractivity contribution in [3.8, 4) is 0 Å². The van der Waals surface area contributed by atoms with Crippen LogP contribution in [0.25, 0.3) is 0 Å². The molecule has 0 aromatic carbocycles. The lowest BCUT2D eigenvalue weighted by molar-refractivity contribution is -0.143. The Balaban J connectivity index is 2.08. The van der Waals surface area contributed by atoms with Crippen molar-refractivity contribution in [3.63, 3.8) is 0 Å². The lowest BCUT2D eigenvalue weighted by Crippen LogP contribution is -2.51. The van der Waals surface area contributed by atoms with Crippen molar-refractivity contribution in [3.05, 3.63) is 0 Å². The molecule has 2 unspecified atom stereocenters. The molecule has 15 heavy (non-hydrogen) atoms. The minimum absolute atomic E-state index is 0.299. The Morgan fingerprint density at radius 3 is 2.80 bits per heavy atom. The maximum atomic E-state index is 11.8. The van der Waals surface area contributed by atoms with E-state index < -0.39 is 0 Å². The van der Waals surface area contributed by atoms with Gasteiger partial charge in [0.2, 0.25) is 5.91 Å². The summed E-state index contributed by atoms with van der Waals surface area (Å²) in [6.45, 7) is 2.97. The van der Waals surface area contributed by atoms with Gasteiger partial charge in [-0.1, -0.05) is 6.92 Å². The monoisotopic (exact) mass is 209 g/mol. The molecule has 2 atom stereocenters. The Morgan fingerprint density at radius 2 is 2.07 bits per heavy atom. The van der Waals surface area contributed by atoms with E-state index in [0.717, 1.165) is 25.8 Å². The van der Waals surface area contributed by atoms with Crippen LogP contribution >= 0.6 is 0 Å². The van der Waals surface area contributed by atoms with Crippen LogP contribution in [0.3, 0.4) is 0 Å². The molecule has 0 aromatic rings. The number of hydrogen-bond donors (Lipinski definition) is 0. The highest BCUT2D eigenvalue weighted by Gasteiger charge is 2.38. The van der Waals surface area contributed by atoms with Crippen molar-refractivity contribution >= 4 is 11.7 Å². The van der Waals surface area contributed by atoms with Gasteiger partial charge in [-0.05, 0) is 25.2 Å². The number of nitrogens with zero attached hydrogens (tertiary/aromatic N) is 1. The molecule has 3 nitrogen and oxygen atoms in total. The molecule has 2 aliphatic rings. The molecule has 1 aliphatic heterocycles. The van der Waals surface area contributed by atoms with Gasteiger partial charge in [0, 0.05) is 31.8 Å². The second-order valence-corrected chi connectivity index (χ2v) is 4.73. The molecule has 0 radical (unpaired) electrons. The van der Waals surface area contributed by atoms with E-state index in [0.29, 0.717) is 42.9 Å². The number of piperidine rings is 1. The fourth-order valence-electron chi connectivity index (χ4n) is 2.95. The number of hydrogen-bond acceptors (Lipinski definition) is 2. The normalized spacial score (nSPS) is 31.7. The van der Waals surface area contributed by atoms with Crippen LogP contribution in [-0.2, 0) is 9.59 Å². The lowest BCUT2D eigenvalue weighted by atomic mass is 9.77. The van der Waals surface area contributed by atoms with Gasteiger partial charge in [0.15, 0.2) is 0 Å². The molecule has 1 amide bonds. The molecular weight excluding hydrogens is 190 g/mol. The molecule has 1 saturated carbocycles. The molecule has 0 bridgehead atoms. The Labute approximate surface area is 90.8 Å². The predicted octanol–water partition coefficient (Wildman–Crippen LogP) is 1.76. The summed E-state index contributed by atoms with van der Waals surface area (Å²) >= 11 is 0. The van der Waals surface area contributed by atoms with Crippen molar-refractivity contribution < 1.29 is 9.59 Å². The molecule has 2 rings (SSSR count). The molecule has 1 heterocycles. The van der Waals surface area contributed by atoms with Gasteiger partial charge < -0.3 is 4.90 Å². The van der Waals surface area contributed by atoms with E-state index >= 15 is 0 Å². The molecule has 84 valence electrons. The Kier molecular flexibility index (Phi) is 3.08. The first-order valence-electron chi connectivity index (χ1n) is 6.03. The Bertz CT molecular complexity index is 275. The fourth-order valence-corrected chi connectivity index (χ4v) is 2.95. The van der Waals surface area contributed by atoms with Crippen LogP contribution in [0, 0.1) is 5.92 Å². The maximum Gasteiger partial charge on any atom is 0.222 e. The van der Waals surface area contributed by atoms with E-state index in [9.17, 15) is 9.59 Å². The number of carbonyl (C=O) groups excluding carboxylic acids is 2. The first kappa shape index (κ1) is 10.7. The van der Waals surface area contributed by atoms with Gasteiger partial charge >= 0.3 is 0 Å². The maximum absolute atomic E-state index is 11.8. The predicted molar refractivity (Wildman–Crippen MR) is 57.4 cm³/mol. The Morgan fingerprint density at radius 1 is 1.27 bits per heavy atom. The topological polar surface area (TPSA) is 37.4 Å². The minimum atomic E-state index is 0.299. The van der Waals surface area contributed by atoms with Gasteiger partial charge in [-0.15, -0.1) is 0 Å². The van der Waals surface area contributed by atoms with Crippen LogP contribution in [0.4, 0.5) is 0 Å². The quantitative estimate of drug-likeness (QED) is 0.695. The number of fused-ring (bicyclic) bond motifs is 1. The average molecular weight is 209 g/mol. The van der Waals surface area contributed by atoms with Gasteiger partial charge in [0.25, 0.3) is 0 Å². The van der Waals surface area contributed by atoms with Gasteiger partial charge in [-0.3, -0.25) is 9.59 Å². The highest BCUT2D eigenvalue weighted by molar-refractivity contribution is 5.82. The van der Waals surface area contributed by atoms with Crippen LogP contribution in [0.1, 0.15) is 45.4 Å². The van der Waals surface area contributed by atoms with Crippen molar-refractivity contribution in [2.75, 3.05) is 6.54 Å². The van der Waals surface area contributed by atoms with Crippen LogP contribution in [0.15, 0.2) is 0 Å². The molecule has 1 aliphatic carbocycles. The summed E-state index contributed by atoms with van der Waals surface area (Å²) in [5.41, 5.74) is 0. The number of rotatable bonds is 2. The van der Waals surface area contributed by atoms with E-state index in [1.807, 2.05) is 4.90 Å². The van der Waals surface area contributed by atoms with Crippen molar-refractivity contribution in [2.24, 2.45) is 5.92 Å². The second-order valence-electron chi connectivity index (χ2n) is 4.73. The minimum Gasteiger partial charge on any atom is -0.339 e. The number of ketones is 1. The number of amides is 1. The summed E-state index contributed by atoms with van der Waals surface area (Å²) in [6, 6.07) is 0.365. The molecule has 2 fully saturated rings. The second kappa shape index (κ2) is 4.33. The summed E-state index contributed by atoms with van der Waals surface area (Å²) in [4.78, 5) is 25.2. The summed E-state index contributed by atoms with van der Waals surface area (Å²) in [7, 11) is 0. The number of Topliss-reactive ketones (excluding diaryl/α,β-unsaturated/α-hetero) is 1. The van der Waals surface area contributed by atoms with Gasteiger partial charge in [0.1, 0.15) is 5.78 Å². The van der Waals surface area contributed by atoms with Crippen molar-refractivity contribution in [1.82, 2.24) is 4.90 Å². The largest absolute Gasteiger partial charge is 0.339 e. The molecule has 1 saturated heterocycles. The third-order valence-corrected chi connectivity index (χ3v) is 3.67. The van der Waals surface area contributed by atoms with Crippen molar-refractivity contribution in [2.45, 2.75) is 51.5 Å².